The third-order valence-corrected chi connectivity index (χ3v) is 3.87. The molecule has 1 aromatic rings. The van der Waals surface area contributed by atoms with Crippen molar-refractivity contribution >= 4 is 17.4 Å². The van der Waals surface area contributed by atoms with Crippen LogP contribution in [0.2, 0.25) is 0 Å². The Labute approximate surface area is 106 Å². The summed E-state index contributed by atoms with van der Waals surface area (Å²) in [6, 6.07) is 7.51. The van der Waals surface area contributed by atoms with E-state index in [2.05, 4.69) is 4.90 Å². The van der Waals surface area contributed by atoms with E-state index in [0.29, 0.717) is 13.0 Å². The molecule has 2 heterocycles. The molecule has 0 bridgehead atoms. The van der Waals surface area contributed by atoms with Crippen LogP contribution in [0.5, 0.6) is 0 Å². The number of rotatable bonds is 1. The van der Waals surface area contributed by atoms with E-state index in [1.165, 1.54) is 0 Å². The summed E-state index contributed by atoms with van der Waals surface area (Å²) in [5, 5.41) is 0. The number of nitrogens with zero attached hydrogens (tertiary/aromatic N) is 2. The van der Waals surface area contributed by atoms with Gasteiger partial charge in [0.2, 0.25) is 5.91 Å². The molecule has 3 rings (SSSR count). The Morgan fingerprint density at radius 3 is 2.67 bits per heavy atom. The molecule has 0 radical (unpaired) electrons. The minimum Gasteiger partial charge on any atom is -0.358 e. The maximum Gasteiger partial charge on any atom is 0.245 e. The molecule has 0 aliphatic carbocycles. The van der Waals surface area contributed by atoms with Gasteiger partial charge in [0.15, 0.2) is 5.78 Å². The molecular formula is C14H16N2O2. The van der Waals surface area contributed by atoms with Crippen molar-refractivity contribution in [1.82, 2.24) is 4.90 Å². The second-order valence-corrected chi connectivity index (χ2v) is 4.95. The van der Waals surface area contributed by atoms with Gasteiger partial charge in [-0.25, -0.2) is 0 Å². The van der Waals surface area contributed by atoms with Crippen molar-refractivity contribution in [3.63, 3.8) is 0 Å². The van der Waals surface area contributed by atoms with E-state index in [0.717, 1.165) is 24.2 Å². The second-order valence-electron chi connectivity index (χ2n) is 4.95. The summed E-state index contributed by atoms with van der Waals surface area (Å²) in [7, 11) is 1.84. The monoisotopic (exact) mass is 244 g/mol. The number of amides is 1. The van der Waals surface area contributed by atoms with E-state index in [4.69, 9.17) is 0 Å². The van der Waals surface area contributed by atoms with Crippen molar-refractivity contribution in [2.45, 2.75) is 18.9 Å². The van der Waals surface area contributed by atoms with Crippen molar-refractivity contribution in [1.29, 1.82) is 0 Å². The van der Waals surface area contributed by atoms with Gasteiger partial charge in [-0.1, -0.05) is 12.1 Å². The van der Waals surface area contributed by atoms with Crippen molar-refractivity contribution in [3.05, 3.63) is 29.8 Å². The molecule has 94 valence electrons. The highest BCUT2D eigenvalue weighted by atomic mass is 16.2. The van der Waals surface area contributed by atoms with Crippen LogP contribution in [0, 0.1) is 0 Å². The molecule has 1 aromatic carbocycles. The summed E-state index contributed by atoms with van der Waals surface area (Å²) < 4.78 is 0. The number of ketones is 1. The largest absolute Gasteiger partial charge is 0.358 e. The molecule has 1 unspecified atom stereocenters. The lowest BCUT2D eigenvalue weighted by molar-refractivity contribution is -0.127. The Kier molecular flexibility index (Phi) is 2.58. The molecule has 1 saturated heterocycles. The molecule has 4 nitrogen and oxygen atoms in total. The number of Topliss-reactive ketones (excluding diaryl/α,β-unsaturated/α-hetero) is 1. The average molecular weight is 244 g/mol. The molecule has 2 aliphatic rings. The number of carbonyl (C=O) groups is 2. The summed E-state index contributed by atoms with van der Waals surface area (Å²) in [5.41, 5.74) is 1.67. The first-order chi connectivity index (χ1) is 8.68. The van der Waals surface area contributed by atoms with Gasteiger partial charge in [-0.15, -0.1) is 0 Å². The SMILES string of the molecule is CN1CCC(N2CCC(=O)c3ccccc32)C1=O. The normalized spacial score (nSPS) is 23.5. The predicted octanol–water partition coefficient (Wildman–Crippen LogP) is 1.31. The average Bonchev–Trinajstić information content (AvgIpc) is 2.71. The standard InChI is InChI=1S/C14H16N2O2/c1-15-8-6-12(14(15)18)16-9-7-13(17)10-4-2-3-5-11(10)16/h2-5,12H,6-9H2,1H3. The number of fused-ring (bicyclic) bond motifs is 1. The zero-order chi connectivity index (χ0) is 12.7. The number of benzene rings is 1. The van der Waals surface area contributed by atoms with Crippen LogP contribution >= 0.6 is 0 Å². The first-order valence-corrected chi connectivity index (χ1v) is 6.32. The van der Waals surface area contributed by atoms with Crippen LogP contribution in [-0.2, 0) is 4.79 Å². The predicted molar refractivity (Wildman–Crippen MR) is 68.8 cm³/mol. The summed E-state index contributed by atoms with van der Waals surface area (Å²) in [6.45, 7) is 1.45. The van der Waals surface area contributed by atoms with Crippen LogP contribution in [0.15, 0.2) is 24.3 Å². The number of likely N-dealkylation sites (N-methyl/N-ethyl adjacent to an activating group) is 1. The Bertz CT molecular complexity index is 512. The summed E-state index contributed by atoms with van der Waals surface area (Å²) >= 11 is 0. The Morgan fingerprint density at radius 2 is 1.94 bits per heavy atom. The molecule has 1 atom stereocenters. The third kappa shape index (κ3) is 1.60. The Hall–Kier alpha value is -1.84. The minimum absolute atomic E-state index is 0.0933. The van der Waals surface area contributed by atoms with Gasteiger partial charge in [0.25, 0.3) is 0 Å². The Balaban J connectivity index is 1.98. The lowest BCUT2D eigenvalue weighted by atomic mass is 9.98. The van der Waals surface area contributed by atoms with E-state index < -0.39 is 0 Å². The van der Waals surface area contributed by atoms with Gasteiger partial charge in [-0.3, -0.25) is 9.59 Å². The van der Waals surface area contributed by atoms with E-state index in [-0.39, 0.29) is 17.7 Å². The van der Waals surface area contributed by atoms with Crippen LogP contribution in [0.3, 0.4) is 0 Å². The minimum atomic E-state index is -0.0933. The molecule has 18 heavy (non-hydrogen) atoms. The van der Waals surface area contributed by atoms with Gasteiger partial charge in [-0.05, 0) is 18.6 Å². The van der Waals surface area contributed by atoms with Crippen molar-refractivity contribution in [2.75, 3.05) is 25.0 Å². The van der Waals surface area contributed by atoms with E-state index >= 15 is 0 Å². The number of anilines is 1. The van der Waals surface area contributed by atoms with Crippen LogP contribution < -0.4 is 4.90 Å². The van der Waals surface area contributed by atoms with Crippen LogP contribution in [0.1, 0.15) is 23.2 Å². The van der Waals surface area contributed by atoms with E-state index in [1.807, 2.05) is 31.3 Å². The number of hydrogen-bond donors (Lipinski definition) is 0. The number of para-hydroxylation sites is 1. The molecule has 0 aromatic heterocycles. The number of hydrogen-bond acceptors (Lipinski definition) is 3. The van der Waals surface area contributed by atoms with Gasteiger partial charge in [0, 0.05) is 37.8 Å². The lowest BCUT2D eigenvalue weighted by Gasteiger charge is -2.34. The fourth-order valence-corrected chi connectivity index (χ4v) is 2.85. The molecule has 0 saturated carbocycles. The first-order valence-electron chi connectivity index (χ1n) is 6.32. The van der Waals surface area contributed by atoms with E-state index in [9.17, 15) is 9.59 Å². The van der Waals surface area contributed by atoms with Gasteiger partial charge in [0.05, 0.1) is 0 Å². The third-order valence-electron chi connectivity index (χ3n) is 3.87. The first kappa shape index (κ1) is 11.3. The smallest absolute Gasteiger partial charge is 0.245 e. The van der Waals surface area contributed by atoms with Gasteiger partial charge in [-0.2, -0.15) is 0 Å². The van der Waals surface area contributed by atoms with Gasteiger partial charge in [0.1, 0.15) is 6.04 Å². The lowest BCUT2D eigenvalue weighted by Crippen LogP contribution is -2.44. The quantitative estimate of drug-likeness (QED) is 0.748. The zero-order valence-electron chi connectivity index (χ0n) is 10.4. The fraction of sp³-hybridized carbons (Fsp3) is 0.429. The van der Waals surface area contributed by atoms with Crippen molar-refractivity contribution < 1.29 is 9.59 Å². The van der Waals surface area contributed by atoms with Crippen LogP contribution in [-0.4, -0.2) is 42.8 Å². The summed E-state index contributed by atoms with van der Waals surface area (Å²) in [6.07, 6.45) is 1.35. The highest BCUT2D eigenvalue weighted by molar-refractivity contribution is 6.04. The molecule has 1 amide bonds. The number of carbonyl (C=O) groups excluding carboxylic acids is 2. The molecule has 0 N–H and O–H groups in total. The second kappa shape index (κ2) is 4.12. The zero-order valence-corrected chi connectivity index (χ0v) is 10.4. The Morgan fingerprint density at radius 1 is 1.17 bits per heavy atom. The number of likely N-dealkylation sites (tertiary alicyclic amines) is 1. The van der Waals surface area contributed by atoms with Gasteiger partial charge < -0.3 is 9.80 Å². The van der Waals surface area contributed by atoms with Crippen LogP contribution in [0.4, 0.5) is 5.69 Å². The molecule has 1 fully saturated rings. The molecule has 0 spiro atoms. The van der Waals surface area contributed by atoms with Crippen LogP contribution in [0.25, 0.3) is 0 Å². The molecule has 4 heteroatoms. The van der Waals surface area contributed by atoms with Crippen molar-refractivity contribution in [2.24, 2.45) is 0 Å². The maximum atomic E-state index is 12.1. The highest BCUT2D eigenvalue weighted by Crippen LogP contribution is 2.31. The van der Waals surface area contributed by atoms with E-state index in [1.54, 1.807) is 4.90 Å². The fourth-order valence-electron chi connectivity index (χ4n) is 2.85. The molecule has 2 aliphatic heterocycles. The topological polar surface area (TPSA) is 40.6 Å². The summed E-state index contributed by atoms with van der Waals surface area (Å²) in [4.78, 5) is 27.8. The highest BCUT2D eigenvalue weighted by Gasteiger charge is 2.37. The molecular weight excluding hydrogens is 228 g/mol. The summed E-state index contributed by atoms with van der Waals surface area (Å²) in [5.74, 6) is 0.347. The van der Waals surface area contributed by atoms with Gasteiger partial charge >= 0.3 is 0 Å². The maximum absolute atomic E-state index is 12.1. The van der Waals surface area contributed by atoms with Crippen molar-refractivity contribution in [3.8, 4) is 0 Å².